The minimum Gasteiger partial charge on any atom is -0.392 e. The second-order valence-corrected chi connectivity index (χ2v) is 3.04. The molecule has 0 radical (unpaired) electrons. The molecule has 0 aromatic carbocycles. The van der Waals surface area contributed by atoms with E-state index in [0.29, 0.717) is 26.1 Å². The van der Waals surface area contributed by atoms with Crippen molar-refractivity contribution in [3.8, 4) is 0 Å². The smallest absolute Gasteiger partial charge is 0.234 e. The third-order valence-electron chi connectivity index (χ3n) is 1.77. The van der Waals surface area contributed by atoms with Crippen molar-refractivity contribution in [1.82, 2.24) is 10.6 Å². The zero-order chi connectivity index (χ0) is 10.8. The number of carbonyl (C=O) groups excluding carboxylic acids is 1. The van der Waals surface area contributed by atoms with E-state index < -0.39 is 0 Å². The highest BCUT2D eigenvalue weighted by atomic mass is 16.5. The minimum atomic E-state index is -0.373. The molecule has 0 fully saturated rings. The van der Waals surface area contributed by atoms with Gasteiger partial charge in [-0.2, -0.15) is 0 Å². The maximum atomic E-state index is 11.1. The van der Waals surface area contributed by atoms with Gasteiger partial charge in [0.05, 0.1) is 19.3 Å². The molecule has 0 spiro atoms. The van der Waals surface area contributed by atoms with Gasteiger partial charge in [-0.15, -0.1) is 0 Å². The summed E-state index contributed by atoms with van der Waals surface area (Å²) >= 11 is 0. The SMILES string of the molecule is CCC(O)CNCC(=O)NCCOC. The minimum absolute atomic E-state index is 0.0784. The van der Waals surface area contributed by atoms with E-state index >= 15 is 0 Å². The first-order valence-corrected chi connectivity index (χ1v) is 4.85. The van der Waals surface area contributed by atoms with Crippen molar-refractivity contribution in [3.05, 3.63) is 0 Å². The lowest BCUT2D eigenvalue weighted by Crippen LogP contribution is -2.38. The summed E-state index contributed by atoms with van der Waals surface area (Å²) in [6.45, 7) is 3.62. The maximum absolute atomic E-state index is 11.1. The predicted octanol–water partition coefficient (Wildman–Crippen LogP) is -0.890. The van der Waals surface area contributed by atoms with Gasteiger partial charge in [0.2, 0.25) is 5.91 Å². The van der Waals surface area contributed by atoms with Gasteiger partial charge >= 0.3 is 0 Å². The van der Waals surface area contributed by atoms with E-state index in [-0.39, 0.29) is 18.6 Å². The molecule has 84 valence electrons. The molecule has 0 bridgehead atoms. The van der Waals surface area contributed by atoms with E-state index in [1.54, 1.807) is 7.11 Å². The van der Waals surface area contributed by atoms with Gasteiger partial charge < -0.3 is 20.5 Å². The highest BCUT2D eigenvalue weighted by molar-refractivity contribution is 5.77. The van der Waals surface area contributed by atoms with Crippen LogP contribution in [0.4, 0.5) is 0 Å². The summed E-state index contributed by atoms with van der Waals surface area (Å²) in [7, 11) is 1.59. The molecular weight excluding hydrogens is 184 g/mol. The maximum Gasteiger partial charge on any atom is 0.234 e. The van der Waals surface area contributed by atoms with Gasteiger partial charge in [0.15, 0.2) is 0 Å². The lowest BCUT2D eigenvalue weighted by Gasteiger charge is -2.09. The Hall–Kier alpha value is -0.650. The summed E-state index contributed by atoms with van der Waals surface area (Å²) in [5, 5.41) is 14.7. The Morgan fingerprint density at radius 2 is 2.29 bits per heavy atom. The summed E-state index contributed by atoms with van der Waals surface area (Å²) < 4.78 is 4.78. The van der Waals surface area contributed by atoms with Crippen LogP contribution in [0.15, 0.2) is 0 Å². The molecule has 0 aliphatic heterocycles. The number of aliphatic hydroxyl groups excluding tert-OH is 1. The van der Waals surface area contributed by atoms with Crippen LogP contribution in [-0.2, 0) is 9.53 Å². The van der Waals surface area contributed by atoms with E-state index in [2.05, 4.69) is 10.6 Å². The molecule has 5 heteroatoms. The fourth-order valence-corrected chi connectivity index (χ4v) is 0.852. The zero-order valence-corrected chi connectivity index (χ0v) is 8.88. The molecule has 5 nitrogen and oxygen atoms in total. The summed E-state index contributed by atoms with van der Waals surface area (Å²) in [5.41, 5.74) is 0. The van der Waals surface area contributed by atoms with Crippen molar-refractivity contribution in [2.45, 2.75) is 19.4 Å². The molecule has 1 unspecified atom stereocenters. The predicted molar refractivity (Wildman–Crippen MR) is 54.1 cm³/mol. The average molecular weight is 204 g/mol. The van der Waals surface area contributed by atoms with E-state index in [0.717, 1.165) is 0 Å². The van der Waals surface area contributed by atoms with Gasteiger partial charge in [-0.3, -0.25) is 4.79 Å². The van der Waals surface area contributed by atoms with Crippen LogP contribution in [0.1, 0.15) is 13.3 Å². The summed E-state index contributed by atoms with van der Waals surface area (Å²) in [6, 6.07) is 0. The standard InChI is InChI=1S/C9H20N2O3/c1-3-8(12)6-10-7-9(13)11-4-5-14-2/h8,10,12H,3-7H2,1-2H3,(H,11,13). The number of amides is 1. The molecule has 14 heavy (non-hydrogen) atoms. The number of nitrogens with one attached hydrogen (secondary N) is 2. The molecule has 1 atom stereocenters. The fraction of sp³-hybridized carbons (Fsp3) is 0.889. The average Bonchev–Trinajstić information content (AvgIpc) is 2.18. The van der Waals surface area contributed by atoms with Crippen molar-refractivity contribution < 1.29 is 14.6 Å². The highest BCUT2D eigenvalue weighted by Crippen LogP contribution is 1.85. The van der Waals surface area contributed by atoms with Crippen LogP contribution in [0.3, 0.4) is 0 Å². The number of hydrogen-bond acceptors (Lipinski definition) is 4. The van der Waals surface area contributed by atoms with Gasteiger partial charge in [0, 0.05) is 20.2 Å². The van der Waals surface area contributed by atoms with Crippen molar-refractivity contribution in [1.29, 1.82) is 0 Å². The first-order valence-electron chi connectivity index (χ1n) is 4.85. The summed E-state index contributed by atoms with van der Waals surface area (Å²) in [6.07, 6.45) is 0.319. The molecule has 3 N–H and O–H groups in total. The molecule has 0 aliphatic carbocycles. The zero-order valence-electron chi connectivity index (χ0n) is 8.88. The van der Waals surface area contributed by atoms with Crippen LogP contribution < -0.4 is 10.6 Å². The molecule has 0 saturated carbocycles. The Bertz CT molecular complexity index is 153. The largest absolute Gasteiger partial charge is 0.392 e. The topological polar surface area (TPSA) is 70.6 Å². The third kappa shape index (κ3) is 7.97. The van der Waals surface area contributed by atoms with Gasteiger partial charge in [-0.25, -0.2) is 0 Å². The Labute approximate surface area is 84.8 Å². The number of ether oxygens (including phenoxy) is 1. The number of hydrogen-bond donors (Lipinski definition) is 3. The van der Waals surface area contributed by atoms with Gasteiger partial charge in [-0.1, -0.05) is 6.92 Å². The van der Waals surface area contributed by atoms with Crippen LogP contribution in [0.2, 0.25) is 0 Å². The van der Waals surface area contributed by atoms with Gasteiger partial charge in [0.25, 0.3) is 0 Å². The first kappa shape index (κ1) is 13.4. The van der Waals surface area contributed by atoms with Gasteiger partial charge in [-0.05, 0) is 6.42 Å². The van der Waals surface area contributed by atoms with Crippen molar-refractivity contribution in [2.75, 3.05) is 33.4 Å². The van der Waals surface area contributed by atoms with Crippen molar-refractivity contribution in [2.24, 2.45) is 0 Å². The van der Waals surface area contributed by atoms with Crippen molar-refractivity contribution >= 4 is 5.91 Å². The van der Waals surface area contributed by atoms with E-state index in [1.807, 2.05) is 6.92 Å². The first-order chi connectivity index (χ1) is 6.70. The number of carbonyl (C=O) groups is 1. The second kappa shape index (κ2) is 8.93. The number of methoxy groups -OCH3 is 1. The third-order valence-corrected chi connectivity index (χ3v) is 1.77. The fourth-order valence-electron chi connectivity index (χ4n) is 0.852. The van der Waals surface area contributed by atoms with Crippen LogP contribution >= 0.6 is 0 Å². The van der Waals surface area contributed by atoms with E-state index in [1.165, 1.54) is 0 Å². The Morgan fingerprint density at radius 3 is 2.86 bits per heavy atom. The normalized spacial score (nSPS) is 12.5. The van der Waals surface area contributed by atoms with E-state index in [4.69, 9.17) is 4.74 Å². The molecule has 0 saturated heterocycles. The summed E-state index contributed by atoms with van der Waals surface area (Å²) in [5.74, 6) is -0.0784. The van der Waals surface area contributed by atoms with E-state index in [9.17, 15) is 9.90 Å². The molecule has 0 heterocycles. The second-order valence-electron chi connectivity index (χ2n) is 3.04. The summed E-state index contributed by atoms with van der Waals surface area (Å²) in [4.78, 5) is 11.1. The molecule has 0 rings (SSSR count). The van der Waals surface area contributed by atoms with Crippen LogP contribution in [0, 0.1) is 0 Å². The quantitative estimate of drug-likeness (QED) is 0.449. The Balaban J connectivity index is 3.26. The molecule has 0 aliphatic rings. The lowest BCUT2D eigenvalue weighted by atomic mass is 10.3. The highest BCUT2D eigenvalue weighted by Gasteiger charge is 2.02. The van der Waals surface area contributed by atoms with Gasteiger partial charge in [0.1, 0.15) is 0 Å². The Kier molecular flexibility index (Phi) is 8.51. The van der Waals surface area contributed by atoms with Crippen LogP contribution in [-0.4, -0.2) is 50.5 Å². The van der Waals surface area contributed by atoms with Crippen molar-refractivity contribution in [3.63, 3.8) is 0 Å². The number of rotatable bonds is 8. The lowest BCUT2D eigenvalue weighted by molar-refractivity contribution is -0.120. The van der Waals surface area contributed by atoms with Crippen LogP contribution in [0.25, 0.3) is 0 Å². The molecule has 0 aromatic rings. The molecular formula is C9H20N2O3. The Morgan fingerprint density at radius 1 is 1.57 bits per heavy atom. The molecule has 1 amide bonds. The number of aliphatic hydroxyl groups is 1. The van der Waals surface area contributed by atoms with Crippen LogP contribution in [0.5, 0.6) is 0 Å². The molecule has 0 aromatic heterocycles. The monoisotopic (exact) mass is 204 g/mol.